The van der Waals surface area contributed by atoms with Crippen molar-refractivity contribution in [1.82, 2.24) is 9.97 Å². The summed E-state index contributed by atoms with van der Waals surface area (Å²) in [5.41, 5.74) is 0.929. The van der Waals surface area contributed by atoms with E-state index < -0.39 is 0 Å². The molecule has 16 heavy (non-hydrogen) atoms. The molecule has 0 atom stereocenters. The Morgan fingerprint density at radius 2 is 2.06 bits per heavy atom. The van der Waals surface area contributed by atoms with Crippen LogP contribution < -0.4 is 4.74 Å². The summed E-state index contributed by atoms with van der Waals surface area (Å²) in [4.78, 5) is 8.86. The first kappa shape index (κ1) is 11.3. The zero-order valence-electron chi connectivity index (χ0n) is 9.33. The zero-order chi connectivity index (χ0) is 11.5. The normalized spacial score (nSPS) is 10.7. The average Bonchev–Trinajstić information content (AvgIpc) is 2.30. The molecule has 4 heteroatoms. The van der Waals surface area contributed by atoms with E-state index in [0.29, 0.717) is 12.5 Å². The lowest BCUT2D eigenvalue weighted by Gasteiger charge is -2.08. The number of hydrogen-bond acceptors (Lipinski definition) is 3. The Kier molecular flexibility index (Phi) is 3.39. The molecule has 3 nitrogen and oxygen atoms in total. The van der Waals surface area contributed by atoms with Gasteiger partial charge >= 0.3 is 0 Å². The number of aryl methyl sites for hydroxylation is 1. The highest BCUT2D eigenvalue weighted by Gasteiger charge is 2.07. The number of fused-ring (bicyclic) bond motifs is 1. The molecule has 0 saturated heterocycles. The van der Waals surface area contributed by atoms with Crippen molar-refractivity contribution in [3.63, 3.8) is 0 Å². The molecule has 0 aliphatic heterocycles. The van der Waals surface area contributed by atoms with Crippen LogP contribution in [-0.4, -0.2) is 16.6 Å². The highest BCUT2D eigenvalue weighted by molar-refractivity contribution is 9.10. The first-order valence-corrected chi connectivity index (χ1v) is 6.13. The molecule has 2 rings (SSSR count). The number of nitrogens with zero attached hydrogens (tertiary/aromatic N) is 2. The van der Waals surface area contributed by atoms with Crippen LogP contribution >= 0.6 is 15.9 Å². The second kappa shape index (κ2) is 4.78. The number of benzene rings is 1. The highest BCUT2D eigenvalue weighted by Crippen LogP contribution is 2.26. The lowest BCUT2D eigenvalue weighted by Crippen LogP contribution is -2.01. The van der Waals surface area contributed by atoms with Crippen molar-refractivity contribution < 1.29 is 4.74 Å². The third kappa shape index (κ3) is 2.16. The maximum atomic E-state index is 5.54. The van der Waals surface area contributed by atoms with Gasteiger partial charge in [-0.3, -0.25) is 0 Å². The van der Waals surface area contributed by atoms with Crippen LogP contribution in [0.25, 0.3) is 10.9 Å². The number of aromatic nitrogens is 2. The Bertz CT molecular complexity index is 514. The Morgan fingerprint density at radius 1 is 1.25 bits per heavy atom. The van der Waals surface area contributed by atoms with Gasteiger partial charge in [-0.2, -0.15) is 4.98 Å². The van der Waals surface area contributed by atoms with E-state index >= 15 is 0 Å². The van der Waals surface area contributed by atoms with Crippen LogP contribution in [0, 0.1) is 0 Å². The van der Waals surface area contributed by atoms with Gasteiger partial charge in [-0.05, 0) is 25.1 Å². The minimum atomic E-state index is 0.613. The van der Waals surface area contributed by atoms with Crippen molar-refractivity contribution in [1.29, 1.82) is 0 Å². The fourth-order valence-corrected chi connectivity index (χ4v) is 1.88. The van der Waals surface area contributed by atoms with Crippen molar-refractivity contribution in [2.24, 2.45) is 0 Å². The van der Waals surface area contributed by atoms with Crippen LogP contribution in [0.4, 0.5) is 0 Å². The lowest BCUT2D eigenvalue weighted by molar-refractivity contribution is 0.329. The van der Waals surface area contributed by atoms with Crippen LogP contribution in [0.1, 0.15) is 19.7 Å². The maximum Gasteiger partial charge on any atom is 0.224 e. The van der Waals surface area contributed by atoms with Crippen molar-refractivity contribution in [2.45, 2.75) is 20.3 Å². The summed E-state index contributed by atoms with van der Waals surface area (Å²) in [5, 5.41) is 0.952. The van der Waals surface area contributed by atoms with Crippen molar-refractivity contribution in [3.8, 4) is 5.88 Å². The van der Waals surface area contributed by atoms with Gasteiger partial charge in [0.25, 0.3) is 0 Å². The summed E-state index contributed by atoms with van der Waals surface area (Å²) in [5.74, 6) is 1.49. The van der Waals surface area contributed by atoms with Crippen molar-refractivity contribution in [2.75, 3.05) is 6.61 Å². The maximum absolute atomic E-state index is 5.54. The SMILES string of the molecule is CCOc1nc(CC)nc2ccc(Br)cc12. The average molecular weight is 281 g/mol. The molecule has 1 aromatic heterocycles. The van der Waals surface area contributed by atoms with Gasteiger partial charge in [0.2, 0.25) is 5.88 Å². The van der Waals surface area contributed by atoms with Crippen LogP contribution in [-0.2, 0) is 6.42 Å². The molecule has 0 saturated carbocycles. The third-order valence-corrected chi connectivity index (χ3v) is 2.76. The number of ether oxygens (including phenoxy) is 1. The van der Waals surface area contributed by atoms with Gasteiger partial charge in [0.05, 0.1) is 17.5 Å². The van der Waals surface area contributed by atoms with Crippen LogP contribution in [0.3, 0.4) is 0 Å². The van der Waals surface area contributed by atoms with Gasteiger partial charge in [0, 0.05) is 10.9 Å². The second-order valence-electron chi connectivity index (χ2n) is 3.39. The molecule has 0 aliphatic rings. The monoisotopic (exact) mass is 280 g/mol. The Labute approximate surface area is 103 Å². The fourth-order valence-electron chi connectivity index (χ4n) is 1.52. The van der Waals surface area contributed by atoms with Crippen LogP contribution in [0.2, 0.25) is 0 Å². The van der Waals surface area contributed by atoms with E-state index in [4.69, 9.17) is 4.74 Å². The third-order valence-electron chi connectivity index (χ3n) is 2.27. The summed E-state index contributed by atoms with van der Waals surface area (Å²) >= 11 is 3.44. The number of rotatable bonds is 3. The largest absolute Gasteiger partial charge is 0.477 e. The van der Waals surface area contributed by atoms with Crippen molar-refractivity contribution in [3.05, 3.63) is 28.5 Å². The summed E-state index contributed by atoms with van der Waals surface area (Å²) in [7, 11) is 0. The molecule has 0 bridgehead atoms. The fraction of sp³-hybridized carbons (Fsp3) is 0.333. The molecule has 0 amide bonds. The minimum absolute atomic E-state index is 0.613. The molecular weight excluding hydrogens is 268 g/mol. The standard InChI is InChI=1S/C12H13BrN2O/c1-3-11-14-10-6-5-8(13)7-9(10)12(15-11)16-4-2/h5-7H,3-4H2,1-2H3. The van der Waals surface area contributed by atoms with E-state index in [9.17, 15) is 0 Å². The quantitative estimate of drug-likeness (QED) is 0.865. The molecule has 0 aliphatic carbocycles. The van der Waals surface area contributed by atoms with E-state index in [-0.39, 0.29) is 0 Å². The highest BCUT2D eigenvalue weighted by atomic mass is 79.9. The minimum Gasteiger partial charge on any atom is -0.477 e. The molecule has 0 fully saturated rings. The van der Waals surface area contributed by atoms with E-state index in [1.807, 2.05) is 32.0 Å². The van der Waals surface area contributed by atoms with Gasteiger partial charge in [-0.25, -0.2) is 4.98 Å². The number of hydrogen-bond donors (Lipinski definition) is 0. The topological polar surface area (TPSA) is 35.0 Å². The van der Waals surface area contributed by atoms with E-state index in [0.717, 1.165) is 27.6 Å². The second-order valence-corrected chi connectivity index (χ2v) is 4.31. The molecule has 2 aromatic rings. The van der Waals surface area contributed by atoms with Gasteiger partial charge in [0.1, 0.15) is 5.82 Å². The molecule has 0 unspecified atom stereocenters. The number of halogens is 1. The Balaban J connectivity index is 2.66. The van der Waals surface area contributed by atoms with Crippen LogP contribution in [0.5, 0.6) is 5.88 Å². The predicted octanol–water partition coefficient (Wildman–Crippen LogP) is 3.35. The van der Waals surface area contributed by atoms with Gasteiger partial charge in [-0.15, -0.1) is 0 Å². The molecular formula is C12H13BrN2O. The molecule has 0 spiro atoms. The molecule has 0 radical (unpaired) electrons. The Morgan fingerprint density at radius 3 is 2.75 bits per heavy atom. The lowest BCUT2D eigenvalue weighted by atomic mass is 10.2. The summed E-state index contributed by atoms with van der Waals surface area (Å²) in [6.45, 7) is 4.61. The first-order chi connectivity index (χ1) is 7.74. The van der Waals surface area contributed by atoms with E-state index in [2.05, 4.69) is 25.9 Å². The van der Waals surface area contributed by atoms with Gasteiger partial charge in [-0.1, -0.05) is 22.9 Å². The summed E-state index contributed by atoms with van der Waals surface area (Å²) in [6, 6.07) is 5.94. The summed E-state index contributed by atoms with van der Waals surface area (Å²) < 4.78 is 6.55. The van der Waals surface area contributed by atoms with Crippen LogP contribution in [0.15, 0.2) is 22.7 Å². The van der Waals surface area contributed by atoms with E-state index in [1.54, 1.807) is 0 Å². The molecule has 1 heterocycles. The smallest absolute Gasteiger partial charge is 0.224 e. The zero-order valence-corrected chi connectivity index (χ0v) is 10.9. The predicted molar refractivity (Wildman–Crippen MR) is 67.8 cm³/mol. The van der Waals surface area contributed by atoms with Gasteiger partial charge in [0.15, 0.2) is 0 Å². The Hall–Kier alpha value is -1.16. The first-order valence-electron chi connectivity index (χ1n) is 5.33. The summed E-state index contributed by atoms with van der Waals surface area (Å²) in [6.07, 6.45) is 0.812. The molecule has 1 aromatic carbocycles. The van der Waals surface area contributed by atoms with Crippen molar-refractivity contribution >= 4 is 26.8 Å². The molecule has 84 valence electrons. The van der Waals surface area contributed by atoms with Gasteiger partial charge < -0.3 is 4.74 Å². The van der Waals surface area contributed by atoms with E-state index in [1.165, 1.54) is 0 Å². The molecule has 0 N–H and O–H groups in total.